The summed E-state index contributed by atoms with van der Waals surface area (Å²) in [5, 5.41) is 0.591. The number of nitrogens with zero attached hydrogens (tertiary/aromatic N) is 2. The molecule has 88 valence electrons. The van der Waals surface area contributed by atoms with Crippen LogP contribution in [0, 0.1) is 0 Å². The number of hydrogen-bond acceptors (Lipinski definition) is 3. The smallest absolute Gasteiger partial charge is 0.321 e. The van der Waals surface area contributed by atoms with Crippen LogP contribution < -0.4 is 10.6 Å². The fourth-order valence-corrected chi connectivity index (χ4v) is 2.56. The predicted molar refractivity (Wildman–Crippen MR) is 72.0 cm³/mol. The molecule has 2 rings (SSSR count). The molecule has 0 radical (unpaired) electrons. The number of nitrogens with two attached hydrogens (primary N) is 1. The predicted octanol–water partition coefficient (Wildman–Crippen LogP) is 2.99. The van der Waals surface area contributed by atoms with Gasteiger partial charge < -0.3 is 5.73 Å². The summed E-state index contributed by atoms with van der Waals surface area (Å²) in [6.45, 7) is 0.427. The van der Waals surface area contributed by atoms with Crippen molar-refractivity contribution in [1.82, 2.24) is 4.98 Å². The van der Waals surface area contributed by atoms with Crippen LogP contribution in [0.3, 0.4) is 0 Å². The van der Waals surface area contributed by atoms with Gasteiger partial charge in [-0.15, -0.1) is 0 Å². The summed E-state index contributed by atoms with van der Waals surface area (Å²) >= 11 is 4.69. The van der Waals surface area contributed by atoms with Crippen molar-refractivity contribution in [3.05, 3.63) is 45.9 Å². The van der Waals surface area contributed by atoms with Crippen molar-refractivity contribution in [2.45, 2.75) is 6.54 Å². The lowest BCUT2D eigenvalue weighted by atomic mass is 10.2. The van der Waals surface area contributed by atoms with E-state index in [0.29, 0.717) is 11.7 Å². The summed E-state index contributed by atoms with van der Waals surface area (Å²) in [7, 11) is 0. The van der Waals surface area contributed by atoms with E-state index in [2.05, 4.69) is 20.9 Å². The molecule has 0 aliphatic rings. The van der Waals surface area contributed by atoms with Crippen LogP contribution in [-0.2, 0) is 6.54 Å². The monoisotopic (exact) mass is 311 g/mol. The number of aromatic nitrogens is 1. The molecule has 0 saturated carbocycles. The number of primary amides is 1. The van der Waals surface area contributed by atoms with E-state index in [1.165, 1.54) is 16.2 Å². The van der Waals surface area contributed by atoms with Crippen LogP contribution in [0.5, 0.6) is 0 Å². The molecule has 0 atom stereocenters. The van der Waals surface area contributed by atoms with Gasteiger partial charge in [0, 0.05) is 0 Å². The van der Waals surface area contributed by atoms with Gasteiger partial charge in [-0.2, -0.15) is 0 Å². The second-order valence-corrected chi connectivity index (χ2v) is 5.75. The minimum Gasteiger partial charge on any atom is -0.351 e. The molecule has 17 heavy (non-hydrogen) atoms. The molecule has 0 bridgehead atoms. The number of rotatable bonds is 3. The minimum atomic E-state index is -0.504. The van der Waals surface area contributed by atoms with Crippen molar-refractivity contribution in [3.63, 3.8) is 0 Å². The first-order chi connectivity index (χ1) is 8.16. The quantitative estimate of drug-likeness (QED) is 0.947. The van der Waals surface area contributed by atoms with Crippen molar-refractivity contribution in [2.75, 3.05) is 4.90 Å². The van der Waals surface area contributed by atoms with Crippen molar-refractivity contribution < 1.29 is 4.79 Å². The van der Waals surface area contributed by atoms with E-state index in [1.54, 1.807) is 6.20 Å². The summed E-state index contributed by atoms with van der Waals surface area (Å²) < 4.78 is 0.867. The Morgan fingerprint density at radius 1 is 1.41 bits per heavy atom. The van der Waals surface area contributed by atoms with E-state index in [9.17, 15) is 4.79 Å². The highest BCUT2D eigenvalue weighted by Gasteiger charge is 2.16. The first kappa shape index (κ1) is 12.1. The van der Waals surface area contributed by atoms with Crippen LogP contribution in [-0.4, -0.2) is 11.0 Å². The topological polar surface area (TPSA) is 59.2 Å². The normalized spacial score (nSPS) is 10.2. The molecule has 2 aromatic rings. The Morgan fingerprint density at radius 2 is 2.12 bits per heavy atom. The number of hydrogen-bond donors (Lipinski definition) is 1. The third-order valence-electron chi connectivity index (χ3n) is 2.15. The first-order valence-electron chi connectivity index (χ1n) is 4.89. The Bertz CT molecular complexity index is 514. The molecule has 0 fully saturated rings. The Kier molecular flexibility index (Phi) is 3.75. The summed E-state index contributed by atoms with van der Waals surface area (Å²) in [5.41, 5.74) is 6.38. The lowest BCUT2D eigenvalue weighted by Crippen LogP contribution is -2.35. The van der Waals surface area contributed by atoms with Crippen LogP contribution in [0.4, 0.5) is 9.93 Å². The van der Waals surface area contributed by atoms with Crippen LogP contribution in [0.1, 0.15) is 5.56 Å². The van der Waals surface area contributed by atoms with Gasteiger partial charge in [-0.25, -0.2) is 9.78 Å². The molecule has 0 spiro atoms. The van der Waals surface area contributed by atoms with Gasteiger partial charge in [0.05, 0.1) is 16.5 Å². The van der Waals surface area contributed by atoms with Crippen molar-refractivity contribution in [3.8, 4) is 0 Å². The fourth-order valence-electron chi connectivity index (χ4n) is 1.38. The number of benzene rings is 1. The second-order valence-electron chi connectivity index (χ2n) is 3.36. The molecule has 1 aromatic heterocycles. The van der Waals surface area contributed by atoms with E-state index < -0.39 is 6.03 Å². The Morgan fingerprint density at radius 3 is 2.65 bits per heavy atom. The highest BCUT2D eigenvalue weighted by atomic mass is 79.9. The number of carbonyl (C=O) groups is 1. The Labute approximate surface area is 111 Å². The summed E-state index contributed by atoms with van der Waals surface area (Å²) in [6, 6.07) is 9.16. The Balaban J connectivity index is 2.22. The van der Waals surface area contributed by atoms with Crippen LogP contribution >= 0.6 is 27.3 Å². The number of urea groups is 1. The fraction of sp³-hybridized carbons (Fsp3) is 0.0909. The van der Waals surface area contributed by atoms with Gasteiger partial charge in [0.1, 0.15) is 0 Å². The maximum atomic E-state index is 11.4. The number of amides is 2. The number of anilines is 1. The zero-order valence-electron chi connectivity index (χ0n) is 8.84. The largest absolute Gasteiger partial charge is 0.351 e. The van der Waals surface area contributed by atoms with Gasteiger partial charge in [-0.3, -0.25) is 4.90 Å². The lowest BCUT2D eigenvalue weighted by Gasteiger charge is -2.16. The first-order valence-corrected chi connectivity index (χ1v) is 6.50. The van der Waals surface area contributed by atoms with E-state index in [4.69, 9.17) is 5.73 Å². The highest BCUT2D eigenvalue weighted by Crippen LogP contribution is 2.27. The van der Waals surface area contributed by atoms with Crippen molar-refractivity contribution in [1.29, 1.82) is 0 Å². The average molecular weight is 312 g/mol. The van der Waals surface area contributed by atoms with E-state index >= 15 is 0 Å². The summed E-state index contributed by atoms with van der Waals surface area (Å²) in [5.74, 6) is 0. The highest BCUT2D eigenvalue weighted by molar-refractivity contribution is 9.11. The van der Waals surface area contributed by atoms with Gasteiger partial charge in [0.25, 0.3) is 0 Å². The molecule has 0 saturated heterocycles. The van der Waals surface area contributed by atoms with Crippen molar-refractivity contribution >= 4 is 38.4 Å². The maximum Gasteiger partial charge on any atom is 0.321 e. The molecule has 0 unspecified atom stereocenters. The van der Waals surface area contributed by atoms with Gasteiger partial charge in [-0.1, -0.05) is 41.7 Å². The Hall–Kier alpha value is -1.40. The molecule has 0 aliphatic heterocycles. The zero-order chi connectivity index (χ0) is 12.3. The van der Waals surface area contributed by atoms with E-state index in [0.717, 1.165) is 9.35 Å². The van der Waals surface area contributed by atoms with Gasteiger partial charge in [-0.05, 0) is 21.5 Å². The van der Waals surface area contributed by atoms with Gasteiger partial charge in [0.2, 0.25) is 0 Å². The average Bonchev–Trinajstić information content (AvgIpc) is 2.73. The standard InChI is InChI=1S/C11H10BrN3OS/c12-9-6-14-11(17-9)15(10(13)16)7-8-4-2-1-3-5-8/h1-6H,7H2,(H2,13,16). The van der Waals surface area contributed by atoms with Gasteiger partial charge >= 0.3 is 6.03 Å². The number of thiazole rings is 1. The minimum absolute atomic E-state index is 0.427. The van der Waals surface area contributed by atoms with E-state index in [1.807, 2.05) is 30.3 Å². The molecule has 2 amide bonds. The maximum absolute atomic E-state index is 11.4. The molecule has 4 nitrogen and oxygen atoms in total. The molecule has 1 heterocycles. The molecule has 6 heteroatoms. The van der Waals surface area contributed by atoms with Crippen molar-refractivity contribution in [2.24, 2.45) is 5.73 Å². The summed E-state index contributed by atoms with van der Waals surface area (Å²) in [4.78, 5) is 17.0. The van der Waals surface area contributed by atoms with Crippen LogP contribution in [0.15, 0.2) is 40.3 Å². The summed E-state index contributed by atoms with van der Waals surface area (Å²) in [6.07, 6.45) is 1.65. The number of halogens is 1. The molecular formula is C11H10BrN3OS. The molecular weight excluding hydrogens is 302 g/mol. The SMILES string of the molecule is NC(=O)N(Cc1ccccc1)c1ncc(Br)s1. The number of carbonyl (C=O) groups excluding carboxylic acids is 1. The molecule has 0 aliphatic carbocycles. The molecule has 2 N–H and O–H groups in total. The molecule has 1 aromatic carbocycles. The zero-order valence-corrected chi connectivity index (χ0v) is 11.2. The van der Waals surface area contributed by atoms with E-state index in [-0.39, 0.29) is 0 Å². The lowest BCUT2D eigenvalue weighted by molar-refractivity contribution is 0.253. The van der Waals surface area contributed by atoms with Gasteiger partial charge in [0.15, 0.2) is 5.13 Å². The van der Waals surface area contributed by atoms with Crippen LogP contribution in [0.25, 0.3) is 0 Å². The third kappa shape index (κ3) is 3.04. The van der Waals surface area contributed by atoms with Crippen LogP contribution in [0.2, 0.25) is 0 Å². The second kappa shape index (κ2) is 5.29. The third-order valence-corrected chi connectivity index (χ3v) is 3.64.